The highest BCUT2D eigenvalue weighted by molar-refractivity contribution is 5.93. The number of carbonyl (C=O) groups is 2. The SMILES string of the molecule is Nc1ccccc1NC(=O)CCCCCC(=O)NCc1ccccc1-c1ccc([C@H]2O[C@@H](CN3CCC(n4c(=O)[nH]c5ccccc54)CC3)C[C@@H](c3ccc(CO)cc3)O2)cc1. The van der Waals surface area contributed by atoms with Crippen molar-refractivity contribution in [2.45, 2.75) is 89.1 Å². The third-order valence-corrected chi connectivity index (χ3v) is 12.2. The minimum Gasteiger partial charge on any atom is -0.397 e. The molecule has 2 aliphatic heterocycles. The zero-order valence-corrected chi connectivity index (χ0v) is 35.0. The predicted octanol–water partition coefficient (Wildman–Crippen LogP) is 8.16. The molecule has 5 aromatic carbocycles. The lowest BCUT2D eigenvalue weighted by Crippen LogP contribution is -2.43. The van der Waals surface area contributed by atoms with Crippen LogP contribution in [0.15, 0.2) is 126 Å². The van der Waals surface area contributed by atoms with Gasteiger partial charge in [-0.1, -0.05) is 103 Å². The predicted molar refractivity (Wildman–Crippen MR) is 242 cm³/mol. The van der Waals surface area contributed by atoms with E-state index in [9.17, 15) is 19.5 Å². The van der Waals surface area contributed by atoms with E-state index in [1.54, 1.807) is 12.1 Å². The van der Waals surface area contributed by atoms with Gasteiger partial charge in [-0.05, 0) is 77.8 Å². The maximum absolute atomic E-state index is 12.9. The largest absolute Gasteiger partial charge is 0.397 e. The number of likely N-dealkylation sites (tertiary alicyclic amines) is 1. The number of rotatable bonds is 16. The number of hydrogen-bond acceptors (Lipinski definition) is 8. The zero-order chi connectivity index (χ0) is 42.8. The van der Waals surface area contributed by atoms with Gasteiger partial charge in [-0.2, -0.15) is 0 Å². The molecule has 3 atom stereocenters. The van der Waals surface area contributed by atoms with Gasteiger partial charge in [-0.25, -0.2) is 4.79 Å². The van der Waals surface area contributed by atoms with Crippen molar-refractivity contribution in [1.82, 2.24) is 19.8 Å². The molecule has 8 rings (SSSR count). The van der Waals surface area contributed by atoms with Crippen molar-refractivity contribution in [2.75, 3.05) is 30.7 Å². The number of aromatic nitrogens is 2. The smallest absolute Gasteiger partial charge is 0.326 e. The molecule has 12 heteroatoms. The van der Waals surface area contributed by atoms with Crippen LogP contribution in [0.2, 0.25) is 0 Å². The zero-order valence-electron chi connectivity index (χ0n) is 35.0. The van der Waals surface area contributed by atoms with Crippen molar-refractivity contribution in [2.24, 2.45) is 0 Å². The van der Waals surface area contributed by atoms with Gasteiger partial charge in [-0.15, -0.1) is 0 Å². The van der Waals surface area contributed by atoms with E-state index in [1.807, 2.05) is 83.4 Å². The number of imidazole rings is 1. The van der Waals surface area contributed by atoms with E-state index < -0.39 is 6.29 Å². The minimum atomic E-state index is -0.584. The summed E-state index contributed by atoms with van der Waals surface area (Å²) in [4.78, 5) is 43.5. The first-order valence-corrected chi connectivity index (χ1v) is 21.8. The quantitative estimate of drug-likeness (QED) is 0.0482. The topological polar surface area (TPSA) is 164 Å². The summed E-state index contributed by atoms with van der Waals surface area (Å²) in [6.45, 7) is 2.86. The average molecular weight is 837 g/mol. The molecule has 322 valence electrons. The molecule has 0 aliphatic carbocycles. The third kappa shape index (κ3) is 10.5. The van der Waals surface area contributed by atoms with Gasteiger partial charge in [0.05, 0.1) is 41.2 Å². The van der Waals surface area contributed by atoms with Crippen LogP contribution in [0.1, 0.15) is 92.1 Å². The number of H-pyrrole nitrogens is 1. The summed E-state index contributed by atoms with van der Waals surface area (Å²) in [6, 6.07) is 39.5. The number of aliphatic hydroxyl groups is 1. The summed E-state index contributed by atoms with van der Waals surface area (Å²) >= 11 is 0. The molecule has 0 radical (unpaired) electrons. The standard InChI is InChI=1S/C50H56N6O6/c51-42-12-6-7-13-43(42)53-48(59)17-3-1-2-16-47(58)52-31-38-10-4-5-11-41(38)35-22-24-37(25-23-35)49-61-40(30-46(62-49)36-20-18-34(33-57)19-21-36)32-55-28-26-39(27-29-55)56-45-15-9-8-14-44(45)54-50(56)60/h4-15,18-25,39-40,46,49,57H,1-3,16-17,26-33,51H2,(H,52,58)(H,53,59)(H,54,60)/t40-,46+,49+/m1/s1. The summed E-state index contributed by atoms with van der Waals surface area (Å²) in [7, 11) is 0. The number of unbranched alkanes of at least 4 members (excludes halogenated alkanes) is 2. The number of anilines is 2. The second kappa shape index (κ2) is 20.2. The van der Waals surface area contributed by atoms with E-state index in [1.165, 1.54) is 0 Å². The number of carbonyl (C=O) groups excluding carboxylic acids is 2. The van der Waals surface area contributed by atoms with Crippen LogP contribution >= 0.6 is 0 Å². The molecule has 12 nitrogen and oxygen atoms in total. The highest BCUT2D eigenvalue weighted by Crippen LogP contribution is 2.39. The first-order chi connectivity index (χ1) is 30.3. The van der Waals surface area contributed by atoms with E-state index in [4.69, 9.17) is 15.2 Å². The number of hydrogen-bond donors (Lipinski definition) is 5. The van der Waals surface area contributed by atoms with Gasteiger partial charge in [0.1, 0.15) is 0 Å². The Morgan fingerprint density at radius 2 is 1.47 bits per heavy atom. The first kappa shape index (κ1) is 42.6. The maximum Gasteiger partial charge on any atom is 0.326 e. The minimum absolute atomic E-state index is 0.0157. The fourth-order valence-electron chi connectivity index (χ4n) is 8.75. The molecule has 62 heavy (non-hydrogen) atoms. The Balaban J connectivity index is 0.865. The number of nitrogens with two attached hydrogens (primary N) is 1. The van der Waals surface area contributed by atoms with Crippen LogP contribution in [0, 0.1) is 0 Å². The van der Waals surface area contributed by atoms with E-state index in [2.05, 4.69) is 50.8 Å². The van der Waals surface area contributed by atoms with Crippen molar-refractivity contribution in [3.05, 3.63) is 154 Å². The normalized spacial score (nSPS) is 18.4. The molecule has 2 fully saturated rings. The molecule has 0 bridgehead atoms. The number of nitrogen functional groups attached to an aromatic ring is 1. The first-order valence-electron chi connectivity index (χ1n) is 21.8. The lowest BCUT2D eigenvalue weighted by atomic mass is 9.97. The summed E-state index contributed by atoms with van der Waals surface area (Å²) in [5.41, 5.74) is 14.7. The molecular weight excluding hydrogens is 781 g/mol. The van der Waals surface area contributed by atoms with Gasteiger partial charge >= 0.3 is 5.69 Å². The van der Waals surface area contributed by atoms with Gasteiger partial charge in [0, 0.05) is 57.0 Å². The monoisotopic (exact) mass is 836 g/mol. The molecule has 0 spiro atoms. The van der Waals surface area contributed by atoms with Gasteiger partial charge in [0.2, 0.25) is 11.8 Å². The Morgan fingerprint density at radius 1 is 0.774 bits per heavy atom. The summed E-state index contributed by atoms with van der Waals surface area (Å²) in [5.74, 6) is -0.104. The Bertz CT molecular complexity index is 2490. The van der Waals surface area contributed by atoms with Crippen LogP contribution in [0.3, 0.4) is 0 Å². The van der Waals surface area contributed by atoms with Crippen molar-refractivity contribution >= 4 is 34.2 Å². The van der Waals surface area contributed by atoms with Crippen LogP contribution in [-0.4, -0.2) is 57.1 Å². The molecule has 3 heterocycles. The summed E-state index contributed by atoms with van der Waals surface area (Å²) in [6.07, 6.45) is 4.50. The second-order valence-electron chi connectivity index (χ2n) is 16.5. The number of para-hydroxylation sites is 4. The Morgan fingerprint density at radius 3 is 2.24 bits per heavy atom. The van der Waals surface area contributed by atoms with Crippen molar-refractivity contribution in [3.8, 4) is 11.1 Å². The van der Waals surface area contributed by atoms with E-state index in [0.29, 0.717) is 50.0 Å². The second-order valence-corrected chi connectivity index (χ2v) is 16.5. The molecule has 0 saturated carbocycles. The van der Waals surface area contributed by atoms with Crippen molar-refractivity contribution < 1.29 is 24.2 Å². The maximum atomic E-state index is 12.9. The van der Waals surface area contributed by atoms with Gasteiger partial charge in [0.15, 0.2) is 6.29 Å². The lowest BCUT2D eigenvalue weighted by Gasteiger charge is -2.40. The molecule has 2 amide bonds. The number of nitrogens with one attached hydrogen (secondary N) is 3. The van der Waals surface area contributed by atoms with Crippen LogP contribution in [0.4, 0.5) is 11.4 Å². The van der Waals surface area contributed by atoms with Crippen molar-refractivity contribution in [1.29, 1.82) is 0 Å². The summed E-state index contributed by atoms with van der Waals surface area (Å²) in [5, 5.41) is 15.6. The number of amides is 2. The Kier molecular flexibility index (Phi) is 13.9. The Hall–Kier alpha value is -6.05. The fourth-order valence-corrected chi connectivity index (χ4v) is 8.75. The Labute approximate surface area is 362 Å². The number of ether oxygens (including phenoxy) is 2. The van der Waals surface area contributed by atoms with Gasteiger partial charge in [0.25, 0.3) is 0 Å². The van der Waals surface area contributed by atoms with Gasteiger partial charge in [-0.3, -0.25) is 14.2 Å². The van der Waals surface area contributed by atoms with Gasteiger partial charge < -0.3 is 40.8 Å². The van der Waals surface area contributed by atoms with Crippen LogP contribution in [0.25, 0.3) is 22.2 Å². The molecule has 1 aromatic heterocycles. The highest BCUT2D eigenvalue weighted by Gasteiger charge is 2.34. The molecular formula is C50H56N6O6. The van der Waals surface area contributed by atoms with Crippen molar-refractivity contribution in [3.63, 3.8) is 0 Å². The van der Waals surface area contributed by atoms with E-state index in [-0.39, 0.29) is 42.4 Å². The average Bonchev–Trinajstić information content (AvgIpc) is 3.64. The molecule has 6 aromatic rings. The molecule has 2 aliphatic rings. The van der Waals surface area contributed by atoms with Crippen LogP contribution in [-0.2, 0) is 32.2 Å². The number of aromatic amines is 1. The highest BCUT2D eigenvalue weighted by atomic mass is 16.7. The van der Waals surface area contributed by atoms with Crippen LogP contribution < -0.4 is 22.1 Å². The van der Waals surface area contributed by atoms with E-state index in [0.717, 1.165) is 83.3 Å². The molecule has 2 saturated heterocycles. The summed E-state index contributed by atoms with van der Waals surface area (Å²) < 4.78 is 15.3. The molecule has 6 N–H and O–H groups in total. The number of aliphatic hydroxyl groups excluding tert-OH is 1. The van der Waals surface area contributed by atoms with Crippen LogP contribution in [0.5, 0.6) is 0 Å². The lowest BCUT2D eigenvalue weighted by molar-refractivity contribution is -0.253. The van der Waals surface area contributed by atoms with E-state index >= 15 is 0 Å². The number of piperidine rings is 1. The molecule has 0 unspecified atom stereocenters. The number of benzene rings is 5. The number of nitrogens with zero attached hydrogens (tertiary/aromatic N) is 2. The number of fused-ring (bicyclic) bond motifs is 1. The fraction of sp³-hybridized carbons (Fsp3) is 0.340. The third-order valence-electron chi connectivity index (χ3n) is 12.2.